The number of hydrogen-bond acceptors (Lipinski definition) is 6. The molecule has 32 heavy (non-hydrogen) atoms. The number of phenolic OH excluding ortho intramolecular Hbond substituents is 1. The van der Waals surface area contributed by atoms with Gasteiger partial charge in [0.1, 0.15) is 11.9 Å². The van der Waals surface area contributed by atoms with Crippen LogP contribution in [0.15, 0.2) is 36.4 Å². The van der Waals surface area contributed by atoms with Crippen LogP contribution in [0.3, 0.4) is 0 Å². The Balaban J connectivity index is 1.95. The monoisotopic (exact) mass is 447 g/mol. The zero-order valence-electron chi connectivity index (χ0n) is 18.6. The van der Waals surface area contributed by atoms with Crippen LogP contribution in [0.1, 0.15) is 33.3 Å². The number of hydrogen-bond donors (Lipinski definition) is 4. The summed E-state index contributed by atoms with van der Waals surface area (Å²) >= 11 is 0. The molecule has 1 aliphatic rings. The number of benzene rings is 2. The van der Waals surface area contributed by atoms with Gasteiger partial charge >= 0.3 is 0 Å². The number of rotatable bonds is 6. The smallest absolute Gasteiger partial charge is 0.229 e. The number of ether oxygens (including phenoxy) is 2. The molecule has 2 aromatic carbocycles. The minimum Gasteiger partial charge on any atom is -0.504 e. The number of halogens is 1. The van der Waals surface area contributed by atoms with Crippen molar-refractivity contribution in [1.29, 1.82) is 0 Å². The number of aliphatic hydroxyl groups is 2. The van der Waals surface area contributed by atoms with E-state index >= 15 is 0 Å². The molecule has 1 heterocycles. The second-order valence-corrected chi connectivity index (χ2v) is 8.70. The average Bonchev–Trinajstić information content (AvgIpc) is 2.72. The maximum atomic E-state index is 13.8. The summed E-state index contributed by atoms with van der Waals surface area (Å²) in [7, 11) is 0. The molecule has 174 valence electrons. The van der Waals surface area contributed by atoms with E-state index in [0.717, 1.165) is 0 Å². The van der Waals surface area contributed by atoms with Crippen LogP contribution in [0.2, 0.25) is 0 Å². The van der Waals surface area contributed by atoms with Gasteiger partial charge in [0.15, 0.2) is 11.5 Å². The summed E-state index contributed by atoms with van der Waals surface area (Å²) in [6, 6.07) is 8.99. The van der Waals surface area contributed by atoms with E-state index in [1.165, 1.54) is 25.1 Å². The summed E-state index contributed by atoms with van der Waals surface area (Å²) in [5.41, 5.74) is 1.06. The van der Waals surface area contributed by atoms with E-state index < -0.39 is 29.9 Å². The predicted molar refractivity (Wildman–Crippen MR) is 117 cm³/mol. The Bertz CT molecular complexity index is 979. The summed E-state index contributed by atoms with van der Waals surface area (Å²) in [5.74, 6) is -1.12. The van der Waals surface area contributed by atoms with Gasteiger partial charge in [-0.25, -0.2) is 4.39 Å². The maximum Gasteiger partial charge on any atom is 0.229 e. The van der Waals surface area contributed by atoms with Crippen LogP contribution in [0.25, 0.3) is 11.1 Å². The third-order valence-corrected chi connectivity index (χ3v) is 5.99. The van der Waals surface area contributed by atoms with E-state index in [4.69, 9.17) is 9.47 Å². The Kier molecular flexibility index (Phi) is 7.07. The molecule has 4 atom stereocenters. The number of aliphatic hydroxyl groups excluding tert-OH is 2. The molecule has 0 aromatic heterocycles. The predicted octanol–water partition coefficient (Wildman–Crippen LogP) is 2.75. The fourth-order valence-electron chi connectivity index (χ4n) is 3.77. The lowest BCUT2D eigenvalue weighted by atomic mass is 9.82. The van der Waals surface area contributed by atoms with Gasteiger partial charge in [0.05, 0.1) is 11.7 Å². The van der Waals surface area contributed by atoms with Gasteiger partial charge in [-0.15, -0.1) is 0 Å². The van der Waals surface area contributed by atoms with Crippen LogP contribution >= 0.6 is 0 Å². The molecule has 1 amide bonds. The Labute approximate surface area is 186 Å². The summed E-state index contributed by atoms with van der Waals surface area (Å²) < 4.78 is 25.5. The molecule has 0 radical (unpaired) electrons. The van der Waals surface area contributed by atoms with Gasteiger partial charge in [0.2, 0.25) is 12.2 Å². The fraction of sp³-hybridized carbons (Fsp3) is 0.458. The Morgan fingerprint density at radius 1 is 1.22 bits per heavy atom. The zero-order valence-corrected chi connectivity index (χ0v) is 18.6. The van der Waals surface area contributed by atoms with E-state index in [2.05, 4.69) is 5.32 Å². The molecule has 0 unspecified atom stereocenters. The minimum absolute atomic E-state index is 0.0459. The van der Waals surface area contributed by atoms with Crippen LogP contribution in [0, 0.1) is 11.7 Å². The first kappa shape index (κ1) is 24.0. The first-order valence-corrected chi connectivity index (χ1v) is 10.6. The lowest BCUT2D eigenvalue weighted by Crippen LogP contribution is -2.59. The highest BCUT2D eigenvalue weighted by Gasteiger charge is 2.47. The third-order valence-electron chi connectivity index (χ3n) is 5.99. The Morgan fingerprint density at radius 2 is 1.94 bits per heavy atom. The molecule has 2 aromatic rings. The molecule has 0 aliphatic carbocycles. The first-order chi connectivity index (χ1) is 15.0. The molecule has 0 spiro atoms. The third kappa shape index (κ3) is 5.20. The van der Waals surface area contributed by atoms with Crippen molar-refractivity contribution in [2.75, 3.05) is 6.54 Å². The number of phenols is 1. The van der Waals surface area contributed by atoms with E-state index in [0.29, 0.717) is 29.7 Å². The topological polar surface area (TPSA) is 108 Å². The second kappa shape index (κ2) is 9.44. The molecule has 0 saturated carbocycles. The molecule has 8 heteroatoms. The number of nitrogens with one attached hydrogen (secondary N) is 1. The highest BCUT2D eigenvalue weighted by atomic mass is 19.1. The van der Waals surface area contributed by atoms with Crippen LogP contribution in [-0.2, 0) is 16.0 Å². The summed E-state index contributed by atoms with van der Waals surface area (Å²) in [4.78, 5) is 11.3. The fourth-order valence-corrected chi connectivity index (χ4v) is 3.77. The molecule has 1 aliphatic heterocycles. The Hall–Kier alpha value is -2.68. The number of amides is 1. The molecule has 0 bridgehead atoms. The lowest BCUT2D eigenvalue weighted by molar-refractivity contribution is -0.285. The normalized spacial score (nSPS) is 24.7. The quantitative estimate of drug-likeness (QED) is 0.542. The zero-order chi connectivity index (χ0) is 23.6. The highest BCUT2D eigenvalue weighted by Crippen LogP contribution is 2.39. The molecular formula is C24H30FNO6. The van der Waals surface area contributed by atoms with Crippen molar-refractivity contribution >= 4 is 5.91 Å². The lowest BCUT2D eigenvalue weighted by Gasteiger charge is -2.46. The standard InChI is InChI=1S/C24H30FNO6/c1-13-21(29)22(30)23(32-24(13,3)4)31-20-11-16(8-9-26-14(2)27)18(12-19(20)28)15-6-5-7-17(25)10-15/h5-7,10-13,21-23,28-30H,8-9H2,1-4H3,(H,26,27)/t13-,21-,22-,23-/m1/s1. The van der Waals surface area contributed by atoms with Crippen LogP contribution in [-0.4, -0.2) is 51.9 Å². The largest absolute Gasteiger partial charge is 0.504 e. The van der Waals surface area contributed by atoms with Crippen LogP contribution < -0.4 is 10.1 Å². The highest BCUT2D eigenvalue weighted by molar-refractivity contribution is 5.73. The van der Waals surface area contributed by atoms with Crippen molar-refractivity contribution in [1.82, 2.24) is 5.32 Å². The second-order valence-electron chi connectivity index (χ2n) is 8.70. The summed E-state index contributed by atoms with van der Waals surface area (Å²) in [6.07, 6.45) is -3.20. The van der Waals surface area contributed by atoms with Gasteiger partial charge in [-0.05, 0) is 61.2 Å². The van der Waals surface area contributed by atoms with Gasteiger partial charge in [0, 0.05) is 19.4 Å². The number of aromatic hydroxyl groups is 1. The average molecular weight is 448 g/mol. The van der Waals surface area contributed by atoms with Crippen molar-refractivity contribution in [2.45, 2.75) is 58.2 Å². The van der Waals surface area contributed by atoms with Crippen molar-refractivity contribution < 1.29 is 34.0 Å². The van der Waals surface area contributed by atoms with Gasteiger partial charge < -0.3 is 30.1 Å². The van der Waals surface area contributed by atoms with E-state index in [9.17, 15) is 24.5 Å². The maximum absolute atomic E-state index is 13.8. The van der Waals surface area contributed by atoms with Crippen LogP contribution in [0.4, 0.5) is 4.39 Å². The first-order valence-electron chi connectivity index (χ1n) is 10.6. The summed E-state index contributed by atoms with van der Waals surface area (Å²) in [5, 5.41) is 34.2. The molecule has 4 N–H and O–H groups in total. The van der Waals surface area contributed by atoms with Gasteiger partial charge in [0.25, 0.3) is 0 Å². The molecular weight excluding hydrogens is 417 g/mol. The van der Waals surface area contributed by atoms with E-state index in [1.54, 1.807) is 39.0 Å². The van der Waals surface area contributed by atoms with Crippen LogP contribution in [0.5, 0.6) is 11.5 Å². The van der Waals surface area contributed by atoms with Crippen molar-refractivity contribution in [3.8, 4) is 22.6 Å². The van der Waals surface area contributed by atoms with Gasteiger partial charge in [-0.2, -0.15) is 0 Å². The van der Waals surface area contributed by atoms with Gasteiger partial charge in [-0.1, -0.05) is 19.1 Å². The number of carbonyl (C=O) groups excluding carboxylic acids is 1. The molecule has 1 fully saturated rings. The Morgan fingerprint density at radius 3 is 2.59 bits per heavy atom. The number of carbonyl (C=O) groups is 1. The van der Waals surface area contributed by atoms with Crippen molar-refractivity contribution in [3.63, 3.8) is 0 Å². The van der Waals surface area contributed by atoms with E-state index in [1.807, 2.05) is 0 Å². The SMILES string of the molecule is CC(=O)NCCc1cc(O[C@@H]2OC(C)(C)[C@H](C)[C@@H](O)[C@H]2O)c(O)cc1-c1cccc(F)c1. The molecule has 7 nitrogen and oxygen atoms in total. The van der Waals surface area contributed by atoms with Crippen molar-refractivity contribution in [3.05, 3.63) is 47.8 Å². The molecule has 1 saturated heterocycles. The minimum atomic E-state index is -1.32. The van der Waals surface area contributed by atoms with Gasteiger partial charge in [-0.3, -0.25) is 4.79 Å². The van der Waals surface area contributed by atoms with Crippen molar-refractivity contribution in [2.24, 2.45) is 5.92 Å². The van der Waals surface area contributed by atoms with E-state index in [-0.39, 0.29) is 23.3 Å². The summed E-state index contributed by atoms with van der Waals surface area (Å²) in [6.45, 7) is 7.08. The molecule has 3 rings (SSSR count).